The van der Waals surface area contributed by atoms with E-state index in [1.807, 2.05) is 0 Å². The summed E-state index contributed by atoms with van der Waals surface area (Å²) in [5, 5.41) is 13.9. The van der Waals surface area contributed by atoms with Crippen LogP contribution in [0.25, 0.3) is 0 Å². The number of nitrogens with one attached hydrogen (secondary N) is 1. The highest BCUT2D eigenvalue weighted by Crippen LogP contribution is 2.28. The zero-order valence-corrected chi connectivity index (χ0v) is 10.1. The number of H-pyrrole nitrogens is 1. The van der Waals surface area contributed by atoms with Crippen LogP contribution in [0.1, 0.15) is 58.7 Å². The number of aromatic nitrogens is 4. The number of nitrogens with zero attached hydrogens (tertiary/aromatic N) is 3. The zero-order valence-electron chi connectivity index (χ0n) is 10.1. The third-order valence-electron chi connectivity index (χ3n) is 2.82. The molecule has 0 atom stereocenters. The molecule has 0 saturated carbocycles. The van der Waals surface area contributed by atoms with Crippen molar-refractivity contribution < 1.29 is 0 Å². The molecule has 0 aromatic carbocycles. The standard InChI is InChI=1S/C11H22N4/c1-4-8-11(2,3)9-6-5-7-10-12-14-15-13-10/h4-9H2,1-3H3,(H,12,13,14,15). The Morgan fingerprint density at radius 3 is 2.60 bits per heavy atom. The van der Waals surface area contributed by atoms with E-state index in [4.69, 9.17) is 0 Å². The average molecular weight is 210 g/mol. The van der Waals surface area contributed by atoms with Crippen molar-refractivity contribution >= 4 is 0 Å². The minimum absolute atomic E-state index is 0.492. The molecular formula is C11H22N4. The Bertz CT molecular complexity index is 254. The quantitative estimate of drug-likeness (QED) is 0.704. The van der Waals surface area contributed by atoms with E-state index in [0.717, 1.165) is 18.7 Å². The van der Waals surface area contributed by atoms with Gasteiger partial charge in [0.05, 0.1) is 0 Å². The second-order valence-corrected chi connectivity index (χ2v) is 4.95. The molecule has 86 valence electrons. The van der Waals surface area contributed by atoms with Crippen LogP contribution in [-0.4, -0.2) is 20.6 Å². The lowest BCUT2D eigenvalue weighted by Gasteiger charge is -2.23. The Hall–Kier alpha value is -0.930. The Balaban J connectivity index is 2.11. The molecule has 0 unspecified atom stereocenters. The molecule has 0 fully saturated rings. The van der Waals surface area contributed by atoms with E-state index in [2.05, 4.69) is 41.4 Å². The Morgan fingerprint density at radius 2 is 2.00 bits per heavy atom. The minimum Gasteiger partial charge on any atom is -0.177 e. The first-order chi connectivity index (χ1) is 7.14. The number of hydrogen-bond donors (Lipinski definition) is 1. The molecule has 0 amide bonds. The van der Waals surface area contributed by atoms with Gasteiger partial charge in [0.15, 0.2) is 5.82 Å². The van der Waals surface area contributed by atoms with Crippen molar-refractivity contribution in [2.75, 3.05) is 0 Å². The topological polar surface area (TPSA) is 54.5 Å². The zero-order chi connectivity index (χ0) is 11.1. The lowest BCUT2D eigenvalue weighted by atomic mass is 9.83. The maximum absolute atomic E-state index is 3.94. The van der Waals surface area contributed by atoms with Gasteiger partial charge >= 0.3 is 0 Å². The third kappa shape index (κ3) is 4.91. The molecule has 4 heteroatoms. The van der Waals surface area contributed by atoms with E-state index in [9.17, 15) is 0 Å². The molecule has 15 heavy (non-hydrogen) atoms. The largest absolute Gasteiger partial charge is 0.177 e. The van der Waals surface area contributed by atoms with Crippen molar-refractivity contribution in [1.29, 1.82) is 0 Å². The summed E-state index contributed by atoms with van der Waals surface area (Å²) in [6, 6.07) is 0. The first kappa shape index (κ1) is 12.1. The van der Waals surface area contributed by atoms with Crippen LogP contribution < -0.4 is 0 Å². The molecule has 1 heterocycles. The second-order valence-electron chi connectivity index (χ2n) is 4.95. The Kier molecular flexibility index (Phi) is 4.72. The van der Waals surface area contributed by atoms with Gasteiger partial charge in [-0.1, -0.05) is 38.8 Å². The van der Waals surface area contributed by atoms with E-state index in [0.29, 0.717) is 5.41 Å². The van der Waals surface area contributed by atoms with E-state index >= 15 is 0 Å². The molecule has 0 aliphatic heterocycles. The molecule has 4 nitrogen and oxygen atoms in total. The first-order valence-corrected chi connectivity index (χ1v) is 5.86. The molecule has 0 radical (unpaired) electrons. The Morgan fingerprint density at radius 1 is 1.20 bits per heavy atom. The maximum Gasteiger partial charge on any atom is 0.174 e. The molecule has 0 spiro atoms. The fraction of sp³-hybridized carbons (Fsp3) is 0.909. The van der Waals surface area contributed by atoms with Gasteiger partial charge in [0.2, 0.25) is 0 Å². The lowest BCUT2D eigenvalue weighted by Crippen LogP contribution is -2.10. The van der Waals surface area contributed by atoms with Gasteiger partial charge in [-0.2, -0.15) is 5.21 Å². The van der Waals surface area contributed by atoms with E-state index in [1.54, 1.807) is 0 Å². The van der Waals surface area contributed by atoms with Crippen molar-refractivity contribution in [2.45, 2.75) is 59.3 Å². The molecule has 1 aromatic heterocycles. The van der Waals surface area contributed by atoms with Gasteiger partial charge < -0.3 is 0 Å². The highest BCUT2D eigenvalue weighted by Gasteiger charge is 2.15. The summed E-state index contributed by atoms with van der Waals surface area (Å²) in [6.45, 7) is 6.96. The molecule has 0 aliphatic rings. The van der Waals surface area contributed by atoms with Gasteiger partial charge in [-0.15, -0.1) is 10.2 Å². The second kappa shape index (κ2) is 5.83. The van der Waals surface area contributed by atoms with Crippen LogP contribution in [0.3, 0.4) is 0 Å². The summed E-state index contributed by atoms with van der Waals surface area (Å²) in [7, 11) is 0. The summed E-state index contributed by atoms with van der Waals surface area (Å²) in [5.74, 6) is 0.836. The fourth-order valence-corrected chi connectivity index (χ4v) is 1.98. The Labute approximate surface area is 91.9 Å². The van der Waals surface area contributed by atoms with Crippen LogP contribution in [0.5, 0.6) is 0 Å². The molecule has 0 saturated heterocycles. The van der Waals surface area contributed by atoms with Crippen molar-refractivity contribution in [3.63, 3.8) is 0 Å². The average Bonchev–Trinajstić information content (AvgIpc) is 2.65. The minimum atomic E-state index is 0.492. The number of tetrazole rings is 1. The summed E-state index contributed by atoms with van der Waals surface area (Å²) in [6.07, 6.45) is 7.23. The lowest BCUT2D eigenvalue weighted by molar-refractivity contribution is 0.293. The first-order valence-electron chi connectivity index (χ1n) is 5.86. The van der Waals surface area contributed by atoms with E-state index < -0.39 is 0 Å². The van der Waals surface area contributed by atoms with E-state index in [1.165, 1.54) is 25.7 Å². The van der Waals surface area contributed by atoms with Crippen molar-refractivity contribution in [2.24, 2.45) is 5.41 Å². The summed E-state index contributed by atoms with van der Waals surface area (Å²) >= 11 is 0. The molecule has 0 aliphatic carbocycles. The number of aromatic amines is 1. The van der Waals surface area contributed by atoms with Gasteiger partial charge in [0.25, 0.3) is 0 Å². The van der Waals surface area contributed by atoms with Crippen LogP contribution >= 0.6 is 0 Å². The fourth-order valence-electron chi connectivity index (χ4n) is 1.98. The predicted octanol–water partition coefficient (Wildman–Crippen LogP) is 2.74. The van der Waals surface area contributed by atoms with Crippen LogP contribution in [0.15, 0.2) is 0 Å². The summed E-state index contributed by atoms with van der Waals surface area (Å²) in [4.78, 5) is 0. The monoisotopic (exact) mass is 210 g/mol. The van der Waals surface area contributed by atoms with Gasteiger partial charge in [0, 0.05) is 6.42 Å². The molecule has 0 bridgehead atoms. The van der Waals surface area contributed by atoms with Gasteiger partial charge in [-0.25, -0.2) is 0 Å². The van der Waals surface area contributed by atoms with Crippen LogP contribution in [-0.2, 0) is 6.42 Å². The SMILES string of the molecule is CCCC(C)(C)CCCCc1nn[nH]n1. The van der Waals surface area contributed by atoms with Crippen LogP contribution in [0.2, 0.25) is 0 Å². The normalized spacial score (nSPS) is 11.9. The third-order valence-corrected chi connectivity index (χ3v) is 2.82. The number of rotatable bonds is 7. The molecule has 1 rings (SSSR count). The molecular weight excluding hydrogens is 188 g/mol. The van der Waals surface area contributed by atoms with Crippen molar-refractivity contribution in [3.05, 3.63) is 5.82 Å². The van der Waals surface area contributed by atoms with Gasteiger partial charge in [-0.05, 0) is 24.7 Å². The summed E-state index contributed by atoms with van der Waals surface area (Å²) < 4.78 is 0. The van der Waals surface area contributed by atoms with Crippen LogP contribution in [0.4, 0.5) is 0 Å². The smallest absolute Gasteiger partial charge is 0.174 e. The number of unbranched alkanes of at least 4 members (excludes halogenated alkanes) is 1. The number of aryl methyl sites for hydroxylation is 1. The van der Waals surface area contributed by atoms with Gasteiger partial charge in [0.1, 0.15) is 0 Å². The number of hydrogen-bond acceptors (Lipinski definition) is 3. The van der Waals surface area contributed by atoms with E-state index in [-0.39, 0.29) is 0 Å². The molecule has 1 N–H and O–H groups in total. The summed E-state index contributed by atoms with van der Waals surface area (Å²) in [5.41, 5.74) is 0.492. The highest BCUT2D eigenvalue weighted by molar-refractivity contribution is 4.76. The molecule has 1 aromatic rings. The van der Waals surface area contributed by atoms with Crippen molar-refractivity contribution in [3.8, 4) is 0 Å². The highest BCUT2D eigenvalue weighted by atomic mass is 15.5. The van der Waals surface area contributed by atoms with Crippen molar-refractivity contribution in [1.82, 2.24) is 20.6 Å². The van der Waals surface area contributed by atoms with Gasteiger partial charge in [-0.3, -0.25) is 0 Å². The predicted molar refractivity (Wildman–Crippen MR) is 60.4 cm³/mol. The maximum atomic E-state index is 3.94. The van der Waals surface area contributed by atoms with Crippen LogP contribution in [0, 0.1) is 5.41 Å².